The van der Waals surface area contributed by atoms with E-state index in [1.807, 2.05) is 0 Å². The first kappa shape index (κ1) is 22.5. The van der Waals surface area contributed by atoms with Crippen LogP contribution in [-0.2, 0) is 29.1 Å². The lowest BCUT2D eigenvalue weighted by atomic mass is 10.1. The number of anilines is 1. The summed E-state index contributed by atoms with van der Waals surface area (Å²) in [6, 6.07) is 4.37. The van der Waals surface area contributed by atoms with E-state index in [1.165, 1.54) is 29.6 Å². The molecule has 1 heterocycles. The van der Waals surface area contributed by atoms with Crippen LogP contribution >= 0.6 is 0 Å². The van der Waals surface area contributed by atoms with Crippen LogP contribution in [0.25, 0.3) is 0 Å². The molecule has 2 fully saturated rings. The maximum atomic E-state index is 13.0. The molecule has 1 aromatic carbocycles. The molecule has 1 aliphatic carbocycles. The topological polar surface area (TPSA) is 111 Å². The highest BCUT2D eigenvalue weighted by atomic mass is 32.2. The van der Waals surface area contributed by atoms with Crippen LogP contribution in [0, 0.1) is 5.92 Å². The molecular weight excluding hydrogens is 412 g/mol. The normalized spacial score (nSPS) is 18.2. The summed E-state index contributed by atoms with van der Waals surface area (Å²) >= 11 is 0. The average molecular weight is 441 g/mol. The quantitative estimate of drug-likeness (QED) is 0.613. The first-order valence-electron chi connectivity index (χ1n) is 10.1. The first-order valence-corrected chi connectivity index (χ1v) is 11.6. The van der Waals surface area contributed by atoms with Gasteiger partial charge in [-0.15, -0.1) is 0 Å². The molecule has 1 saturated carbocycles. The Morgan fingerprint density at radius 3 is 2.57 bits per heavy atom. The Hall–Kier alpha value is -2.17. The number of esters is 1. The van der Waals surface area contributed by atoms with E-state index in [-0.39, 0.29) is 35.4 Å². The van der Waals surface area contributed by atoms with Crippen molar-refractivity contribution >= 4 is 27.6 Å². The number of sulfonamides is 1. The minimum atomic E-state index is -3.81. The third kappa shape index (κ3) is 5.71. The van der Waals surface area contributed by atoms with Gasteiger partial charge in [-0.2, -0.15) is 4.31 Å². The van der Waals surface area contributed by atoms with Crippen LogP contribution < -0.4 is 10.1 Å². The number of benzene rings is 1. The molecule has 0 spiro atoms. The molecule has 30 heavy (non-hydrogen) atoms. The van der Waals surface area contributed by atoms with Crippen LogP contribution in [0.3, 0.4) is 0 Å². The second-order valence-corrected chi connectivity index (χ2v) is 9.35. The Balaban J connectivity index is 1.62. The van der Waals surface area contributed by atoms with Crippen molar-refractivity contribution in [2.75, 3.05) is 45.3 Å². The summed E-state index contributed by atoms with van der Waals surface area (Å²) < 4.78 is 42.8. The van der Waals surface area contributed by atoms with E-state index in [0.717, 1.165) is 25.7 Å². The summed E-state index contributed by atoms with van der Waals surface area (Å²) in [6.07, 6.45) is 4.63. The summed E-state index contributed by atoms with van der Waals surface area (Å²) in [4.78, 5) is 24.0. The van der Waals surface area contributed by atoms with Crippen LogP contribution in [0.4, 0.5) is 5.69 Å². The van der Waals surface area contributed by atoms with Crippen LogP contribution in [0.2, 0.25) is 0 Å². The van der Waals surface area contributed by atoms with E-state index < -0.39 is 22.5 Å². The highest BCUT2D eigenvalue weighted by Gasteiger charge is 2.29. The molecule has 3 rings (SSSR count). The lowest BCUT2D eigenvalue weighted by Crippen LogP contribution is -2.40. The molecule has 166 valence electrons. The van der Waals surface area contributed by atoms with Gasteiger partial charge in [-0.25, -0.2) is 8.42 Å². The fraction of sp³-hybridized carbons (Fsp3) is 0.600. The molecule has 0 radical (unpaired) electrons. The average Bonchev–Trinajstić information content (AvgIpc) is 3.26. The van der Waals surface area contributed by atoms with Crippen molar-refractivity contribution < 1.29 is 32.2 Å². The fourth-order valence-electron chi connectivity index (χ4n) is 3.73. The Morgan fingerprint density at radius 2 is 1.90 bits per heavy atom. The molecular formula is C20H28N2O7S. The van der Waals surface area contributed by atoms with Crippen LogP contribution in [-0.4, -0.2) is 64.6 Å². The molecule has 2 aliphatic rings. The van der Waals surface area contributed by atoms with E-state index in [2.05, 4.69) is 5.32 Å². The van der Waals surface area contributed by atoms with Crippen molar-refractivity contribution in [2.24, 2.45) is 5.92 Å². The minimum absolute atomic E-state index is 0.0390. The van der Waals surface area contributed by atoms with Crippen molar-refractivity contribution in [3.8, 4) is 5.75 Å². The molecule has 1 aliphatic heterocycles. The van der Waals surface area contributed by atoms with Crippen molar-refractivity contribution in [1.82, 2.24) is 4.31 Å². The number of amides is 1. The first-order chi connectivity index (χ1) is 14.4. The molecule has 1 aromatic rings. The predicted molar refractivity (Wildman–Crippen MR) is 109 cm³/mol. The zero-order valence-electron chi connectivity index (χ0n) is 17.1. The Morgan fingerprint density at radius 1 is 1.20 bits per heavy atom. The number of ether oxygens (including phenoxy) is 3. The second-order valence-electron chi connectivity index (χ2n) is 7.45. The number of rotatable bonds is 8. The van der Waals surface area contributed by atoms with Gasteiger partial charge in [0, 0.05) is 25.2 Å². The van der Waals surface area contributed by atoms with Gasteiger partial charge in [0.15, 0.2) is 6.61 Å². The van der Waals surface area contributed by atoms with E-state index in [1.54, 1.807) is 0 Å². The highest BCUT2D eigenvalue weighted by molar-refractivity contribution is 7.89. The maximum Gasteiger partial charge on any atom is 0.306 e. The zero-order chi connectivity index (χ0) is 21.6. The minimum Gasteiger partial charge on any atom is -0.495 e. The lowest BCUT2D eigenvalue weighted by molar-refractivity contribution is -0.148. The predicted octanol–water partition coefficient (Wildman–Crippen LogP) is 1.78. The summed E-state index contributed by atoms with van der Waals surface area (Å²) in [5.74, 6) is -0.394. The number of nitrogens with one attached hydrogen (secondary N) is 1. The van der Waals surface area contributed by atoms with Gasteiger partial charge in [0.2, 0.25) is 10.0 Å². The molecule has 1 amide bonds. The number of nitrogens with zero attached hydrogens (tertiary/aromatic N) is 1. The van der Waals surface area contributed by atoms with E-state index in [4.69, 9.17) is 14.2 Å². The maximum absolute atomic E-state index is 13.0. The smallest absolute Gasteiger partial charge is 0.306 e. The number of methoxy groups -OCH3 is 1. The van der Waals surface area contributed by atoms with Gasteiger partial charge in [-0.1, -0.05) is 12.8 Å². The van der Waals surface area contributed by atoms with E-state index >= 15 is 0 Å². The highest BCUT2D eigenvalue weighted by Crippen LogP contribution is 2.30. The summed E-state index contributed by atoms with van der Waals surface area (Å²) in [7, 11) is -2.43. The number of hydrogen-bond donors (Lipinski definition) is 1. The molecule has 0 bridgehead atoms. The van der Waals surface area contributed by atoms with Gasteiger partial charge in [0.25, 0.3) is 5.91 Å². The lowest BCUT2D eigenvalue weighted by Gasteiger charge is -2.26. The number of morpholine rings is 1. The number of carbonyl (C=O) groups is 2. The molecule has 0 atom stereocenters. The number of hydrogen-bond acceptors (Lipinski definition) is 7. The molecule has 1 saturated heterocycles. The van der Waals surface area contributed by atoms with Gasteiger partial charge >= 0.3 is 5.97 Å². The summed E-state index contributed by atoms with van der Waals surface area (Å²) in [6.45, 7) is 0.732. The van der Waals surface area contributed by atoms with Gasteiger partial charge in [0.05, 0.1) is 20.3 Å². The summed E-state index contributed by atoms with van der Waals surface area (Å²) in [5, 5.41) is 2.58. The third-order valence-corrected chi connectivity index (χ3v) is 7.25. The van der Waals surface area contributed by atoms with Crippen molar-refractivity contribution in [1.29, 1.82) is 0 Å². The SMILES string of the molecule is COc1ccc(NC(=O)COC(=O)CC2CCCC2)cc1S(=O)(=O)N1CCOCC1. The van der Waals surface area contributed by atoms with Gasteiger partial charge in [-0.3, -0.25) is 9.59 Å². The molecule has 0 unspecified atom stereocenters. The van der Waals surface area contributed by atoms with E-state index in [0.29, 0.717) is 25.6 Å². The third-order valence-electron chi connectivity index (χ3n) is 5.33. The Labute approximate surface area is 176 Å². The van der Waals surface area contributed by atoms with Crippen LogP contribution in [0.1, 0.15) is 32.1 Å². The molecule has 0 aromatic heterocycles. The fourth-order valence-corrected chi connectivity index (χ4v) is 5.32. The molecule has 9 nitrogen and oxygen atoms in total. The summed E-state index contributed by atoms with van der Waals surface area (Å²) in [5.41, 5.74) is 0.277. The molecule has 1 N–H and O–H groups in total. The number of carbonyl (C=O) groups excluding carboxylic acids is 2. The van der Waals surface area contributed by atoms with Gasteiger partial charge in [-0.05, 0) is 37.0 Å². The largest absolute Gasteiger partial charge is 0.495 e. The Bertz CT molecular complexity index is 860. The van der Waals surface area contributed by atoms with Crippen LogP contribution in [0.5, 0.6) is 5.75 Å². The van der Waals surface area contributed by atoms with Crippen molar-refractivity contribution in [3.05, 3.63) is 18.2 Å². The second kappa shape index (κ2) is 10.2. The zero-order valence-corrected chi connectivity index (χ0v) is 17.9. The van der Waals surface area contributed by atoms with Crippen LogP contribution in [0.15, 0.2) is 23.1 Å². The Kier molecular flexibility index (Phi) is 7.68. The monoisotopic (exact) mass is 440 g/mol. The van der Waals surface area contributed by atoms with Crippen molar-refractivity contribution in [2.45, 2.75) is 37.0 Å². The molecule has 10 heteroatoms. The van der Waals surface area contributed by atoms with Gasteiger partial charge < -0.3 is 19.5 Å². The standard InChI is InChI=1S/C20H28N2O7S/c1-27-17-7-6-16(13-18(17)30(25,26)22-8-10-28-11-9-22)21-19(23)14-29-20(24)12-15-4-2-3-5-15/h6-7,13,15H,2-5,8-12,14H2,1H3,(H,21,23). The van der Waals surface area contributed by atoms with Gasteiger partial charge in [0.1, 0.15) is 10.6 Å². The van der Waals surface area contributed by atoms with E-state index in [9.17, 15) is 18.0 Å². The van der Waals surface area contributed by atoms with Crippen molar-refractivity contribution in [3.63, 3.8) is 0 Å².